The van der Waals surface area contributed by atoms with Crippen molar-refractivity contribution in [2.45, 2.75) is 43.6 Å². The third-order valence-corrected chi connectivity index (χ3v) is 6.06. The van der Waals surface area contributed by atoms with Crippen LogP contribution in [0.5, 0.6) is 0 Å². The number of nitrogens with two attached hydrogens (primary N) is 2. The Morgan fingerprint density at radius 3 is 2.59 bits per heavy atom. The highest BCUT2D eigenvalue weighted by molar-refractivity contribution is 7.89. The summed E-state index contributed by atoms with van der Waals surface area (Å²) in [4.78, 5) is -0.428. The summed E-state index contributed by atoms with van der Waals surface area (Å²) in [6.45, 7) is -1.60. The first kappa shape index (κ1) is 16.1. The molecular weight excluding hydrogens is 362 g/mol. The van der Waals surface area contributed by atoms with Crippen LogP contribution in [-0.2, 0) is 16.4 Å². The lowest BCUT2D eigenvalue weighted by atomic mass is 10.0. The lowest BCUT2D eigenvalue weighted by molar-refractivity contribution is 0.119. The first-order valence-corrected chi connectivity index (χ1v) is 10.1. The number of sulfonamides is 1. The van der Waals surface area contributed by atoms with Crippen LogP contribution < -0.4 is 11.5 Å². The van der Waals surface area contributed by atoms with Crippen LogP contribution in [0, 0.1) is 6.85 Å². The molecule has 0 radical (unpaired) electrons. The molecule has 148 valence electrons. The third-order valence-electron chi connectivity index (χ3n) is 4.16. The smallest absolute Gasteiger partial charge is 0.243 e. The second kappa shape index (κ2) is 9.32. The van der Waals surface area contributed by atoms with Gasteiger partial charge in [-0.1, -0.05) is 37.3 Å². The molecule has 0 saturated heterocycles. The van der Waals surface area contributed by atoms with Gasteiger partial charge in [-0.15, -0.1) is 0 Å². The van der Waals surface area contributed by atoms with Gasteiger partial charge in [0.15, 0.2) is 0 Å². The molecule has 0 fully saturated rings. The Bertz CT molecular complexity index is 983. The molecule has 1 unspecified atom stereocenters. The molecule has 0 spiro atoms. The topological polar surface area (TPSA) is 110 Å². The van der Waals surface area contributed by atoms with Crippen LogP contribution in [0.15, 0.2) is 53.4 Å². The van der Waals surface area contributed by atoms with Crippen molar-refractivity contribution in [3.63, 3.8) is 0 Å². The Hall–Kier alpha value is -1.93. The summed E-state index contributed by atoms with van der Waals surface area (Å²) in [5.74, 6) is 0. The third kappa shape index (κ3) is 5.52. The van der Waals surface area contributed by atoms with E-state index in [1.54, 1.807) is 31.2 Å². The average Bonchev–Trinajstić information content (AvgIpc) is 2.67. The van der Waals surface area contributed by atoms with Crippen LogP contribution in [0.25, 0.3) is 0 Å². The van der Waals surface area contributed by atoms with E-state index >= 15 is 0 Å². The molecule has 7 heteroatoms. The van der Waals surface area contributed by atoms with Gasteiger partial charge >= 0.3 is 0 Å². The highest BCUT2D eigenvalue weighted by Gasteiger charge is 2.29. The van der Waals surface area contributed by atoms with Crippen molar-refractivity contribution in [1.82, 2.24) is 4.31 Å². The Morgan fingerprint density at radius 2 is 1.96 bits per heavy atom. The summed E-state index contributed by atoms with van der Waals surface area (Å²) in [5, 5.41) is 10.7. The normalized spacial score (nSPS) is 18.1. The van der Waals surface area contributed by atoms with E-state index in [9.17, 15) is 13.5 Å². The van der Waals surface area contributed by atoms with Crippen LogP contribution in [0.4, 0.5) is 5.69 Å². The van der Waals surface area contributed by atoms with Gasteiger partial charge in [-0.3, -0.25) is 0 Å². The van der Waals surface area contributed by atoms with Crippen molar-refractivity contribution in [2.24, 2.45) is 5.73 Å². The number of aliphatic hydroxyl groups is 1. The molecule has 0 heterocycles. The molecular formula is C20H29N3O3S. The largest absolute Gasteiger partial charge is 0.399 e. The van der Waals surface area contributed by atoms with Crippen LogP contribution in [0.2, 0.25) is 0 Å². The Balaban J connectivity index is 2.38. The van der Waals surface area contributed by atoms with Crippen LogP contribution in [-0.4, -0.2) is 43.0 Å². The minimum absolute atomic E-state index is 0.0214. The minimum Gasteiger partial charge on any atom is -0.399 e. The second-order valence-electron chi connectivity index (χ2n) is 6.38. The molecule has 2 atom stereocenters. The highest BCUT2D eigenvalue weighted by atomic mass is 32.2. The zero-order chi connectivity index (χ0) is 23.4. The van der Waals surface area contributed by atoms with Gasteiger partial charge in [0, 0.05) is 28.9 Å². The standard InChI is InChI=1S/C20H29N3O3S/c1-3-11-23(27(25,26)20-10-9-17(21)12-15(20)2)14-19(24)18(22)13-16-7-5-4-6-8-16/h4-10,12,18-19,24H,3,11,13-14,21-22H2,1-2H3/t18?,19-/m1/s1/i2D3,19D. The van der Waals surface area contributed by atoms with Gasteiger partial charge in [0.05, 0.1) is 12.3 Å². The Labute approximate surface area is 167 Å². The van der Waals surface area contributed by atoms with Crippen molar-refractivity contribution >= 4 is 15.7 Å². The van der Waals surface area contributed by atoms with E-state index in [4.69, 9.17) is 17.0 Å². The fourth-order valence-corrected chi connectivity index (χ4v) is 4.31. The molecule has 27 heavy (non-hydrogen) atoms. The molecule has 5 N–H and O–H groups in total. The van der Waals surface area contributed by atoms with E-state index in [0.29, 0.717) is 6.42 Å². The lowest BCUT2D eigenvalue weighted by Crippen LogP contribution is -2.46. The van der Waals surface area contributed by atoms with Gasteiger partial charge in [-0.25, -0.2) is 8.42 Å². The van der Waals surface area contributed by atoms with E-state index in [1.165, 1.54) is 6.07 Å². The number of nitrogens with zero attached hydrogens (tertiary/aromatic N) is 1. The molecule has 0 aliphatic carbocycles. The molecule has 0 aliphatic heterocycles. The first-order chi connectivity index (χ1) is 14.3. The fourth-order valence-electron chi connectivity index (χ4n) is 2.73. The monoisotopic (exact) mass is 395 g/mol. The fraction of sp³-hybridized carbons (Fsp3) is 0.400. The van der Waals surface area contributed by atoms with E-state index in [1.807, 2.05) is 6.07 Å². The van der Waals surface area contributed by atoms with Crippen molar-refractivity contribution in [2.75, 3.05) is 18.8 Å². The van der Waals surface area contributed by atoms with E-state index in [2.05, 4.69) is 0 Å². The minimum atomic E-state index is -4.35. The van der Waals surface area contributed by atoms with Gasteiger partial charge in [0.25, 0.3) is 0 Å². The molecule has 0 saturated carbocycles. The maximum absolute atomic E-state index is 13.4. The van der Waals surface area contributed by atoms with E-state index < -0.39 is 46.0 Å². The summed E-state index contributed by atoms with van der Waals surface area (Å²) in [6, 6.07) is 11.5. The van der Waals surface area contributed by atoms with Crippen molar-refractivity contribution < 1.29 is 19.0 Å². The summed E-state index contributed by atoms with van der Waals surface area (Å²) in [5.41, 5.74) is 12.2. The molecule has 2 aromatic carbocycles. The van der Waals surface area contributed by atoms with Gasteiger partial charge in [-0.05, 0) is 49.0 Å². The quantitative estimate of drug-likeness (QED) is 0.562. The highest BCUT2D eigenvalue weighted by Crippen LogP contribution is 2.23. The van der Waals surface area contributed by atoms with Crippen LogP contribution in [0.1, 0.15) is 30.0 Å². The molecule has 0 bridgehead atoms. The van der Waals surface area contributed by atoms with Gasteiger partial charge in [0.1, 0.15) is 0 Å². The second-order valence-corrected chi connectivity index (χ2v) is 8.29. The number of hydrogen-bond acceptors (Lipinski definition) is 5. The zero-order valence-corrected chi connectivity index (χ0v) is 16.1. The molecule has 0 aliphatic rings. The maximum atomic E-state index is 13.4. The van der Waals surface area contributed by atoms with E-state index in [0.717, 1.165) is 22.0 Å². The average molecular weight is 396 g/mol. The molecule has 0 aromatic heterocycles. The lowest BCUT2D eigenvalue weighted by Gasteiger charge is -2.28. The Morgan fingerprint density at radius 1 is 1.26 bits per heavy atom. The zero-order valence-electron chi connectivity index (χ0n) is 19.3. The summed E-state index contributed by atoms with van der Waals surface area (Å²) >= 11 is 0. The van der Waals surface area contributed by atoms with Gasteiger partial charge in [0.2, 0.25) is 10.0 Å². The Kier molecular flexibility index (Phi) is 5.55. The van der Waals surface area contributed by atoms with Gasteiger partial charge in [-0.2, -0.15) is 4.31 Å². The van der Waals surface area contributed by atoms with Crippen molar-refractivity contribution in [1.29, 1.82) is 0 Å². The number of nitrogen functional groups attached to an aromatic ring is 1. The van der Waals surface area contributed by atoms with Crippen LogP contribution >= 0.6 is 0 Å². The SMILES string of the molecule is [2H]C([2H])([2H])c1cc(N)ccc1S(=O)(=O)N(CCC)C[C@@]([2H])(O)C(N)Cc1ccccc1. The number of anilines is 1. The summed E-state index contributed by atoms with van der Waals surface area (Å²) in [7, 11) is -4.35. The number of aryl methyl sites for hydroxylation is 1. The molecule has 2 rings (SSSR count). The van der Waals surface area contributed by atoms with Crippen LogP contribution in [0.3, 0.4) is 0 Å². The predicted molar refractivity (Wildman–Crippen MR) is 109 cm³/mol. The molecule has 0 amide bonds. The van der Waals surface area contributed by atoms with E-state index in [-0.39, 0.29) is 18.7 Å². The molecule has 6 nitrogen and oxygen atoms in total. The van der Waals surface area contributed by atoms with Gasteiger partial charge < -0.3 is 16.6 Å². The van der Waals surface area contributed by atoms with Crippen molar-refractivity contribution in [3.8, 4) is 0 Å². The number of benzene rings is 2. The summed E-state index contributed by atoms with van der Waals surface area (Å²) < 4.78 is 59.0. The predicted octanol–water partition coefficient (Wildman–Crippen LogP) is 1.91. The van der Waals surface area contributed by atoms with Crippen molar-refractivity contribution in [3.05, 3.63) is 59.7 Å². The number of hydrogen-bond donors (Lipinski definition) is 3. The maximum Gasteiger partial charge on any atom is 0.243 e. The molecule has 2 aromatic rings. The number of rotatable bonds is 9. The summed E-state index contributed by atoms with van der Waals surface area (Å²) in [6.07, 6.45) is -1.74. The first-order valence-electron chi connectivity index (χ1n) is 10.7.